The zero-order valence-corrected chi connectivity index (χ0v) is 12.0. The van der Waals surface area contributed by atoms with Crippen molar-refractivity contribution in [1.29, 1.82) is 0 Å². The predicted octanol–water partition coefficient (Wildman–Crippen LogP) is 3.94. The maximum Gasteiger partial charge on any atom is 0.163 e. The molecule has 1 N–H and O–H groups in total. The SMILES string of the molecule is CC(=O)c1ccc(Br)cc1OCc1ccc(O)cc1. The maximum absolute atomic E-state index is 11.5. The van der Waals surface area contributed by atoms with E-state index in [2.05, 4.69) is 15.9 Å². The number of ether oxygens (including phenoxy) is 1. The number of benzene rings is 2. The Hall–Kier alpha value is -1.81. The monoisotopic (exact) mass is 320 g/mol. The molecule has 0 radical (unpaired) electrons. The second-order valence-electron chi connectivity index (χ2n) is 4.15. The molecular weight excluding hydrogens is 308 g/mol. The quantitative estimate of drug-likeness (QED) is 0.868. The van der Waals surface area contributed by atoms with Crippen LogP contribution in [0.2, 0.25) is 0 Å². The molecule has 3 nitrogen and oxygen atoms in total. The molecule has 2 aromatic rings. The number of hydrogen-bond acceptors (Lipinski definition) is 3. The summed E-state index contributed by atoms with van der Waals surface area (Å²) in [5.41, 5.74) is 1.48. The van der Waals surface area contributed by atoms with Crippen LogP contribution in [0.4, 0.5) is 0 Å². The van der Waals surface area contributed by atoms with Crippen molar-refractivity contribution in [2.24, 2.45) is 0 Å². The minimum absolute atomic E-state index is 0.0341. The second kappa shape index (κ2) is 5.89. The predicted molar refractivity (Wildman–Crippen MR) is 76.6 cm³/mol. The Bertz CT molecular complexity index is 591. The summed E-state index contributed by atoms with van der Waals surface area (Å²) < 4.78 is 6.53. The Morgan fingerprint density at radius 1 is 1.21 bits per heavy atom. The summed E-state index contributed by atoms with van der Waals surface area (Å²) >= 11 is 3.36. The highest BCUT2D eigenvalue weighted by Gasteiger charge is 2.09. The van der Waals surface area contributed by atoms with E-state index in [0.29, 0.717) is 17.9 Å². The molecule has 0 amide bonds. The molecule has 0 bridgehead atoms. The van der Waals surface area contributed by atoms with Gasteiger partial charge in [-0.3, -0.25) is 4.79 Å². The van der Waals surface area contributed by atoms with Crippen molar-refractivity contribution in [2.45, 2.75) is 13.5 Å². The number of Topliss-reactive ketones (excluding diaryl/α,β-unsaturated/α-hetero) is 1. The van der Waals surface area contributed by atoms with Crippen LogP contribution in [0.15, 0.2) is 46.9 Å². The van der Waals surface area contributed by atoms with Gasteiger partial charge in [0, 0.05) is 4.47 Å². The van der Waals surface area contributed by atoms with Gasteiger partial charge in [-0.1, -0.05) is 28.1 Å². The van der Waals surface area contributed by atoms with Gasteiger partial charge in [-0.05, 0) is 42.8 Å². The molecule has 2 rings (SSSR count). The number of aromatic hydroxyl groups is 1. The number of phenolic OH excluding ortho intramolecular Hbond substituents is 1. The molecule has 0 saturated carbocycles. The normalized spacial score (nSPS) is 10.2. The van der Waals surface area contributed by atoms with Gasteiger partial charge in [-0.25, -0.2) is 0 Å². The summed E-state index contributed by atoms with van der Waals surface area (Å²) in [7, 11) is 0. The number of halogens is 1. The van der Waals surface area contributed by atoms with E-state index in [4.69, 9.17) is 4.74 Å². The van der Waals surface area contributed by atoms with Crippen LogP contribution in [0, 0.1) is 0 Å². The standard InChI is InChI=1S/C15H13BrO3/c1-10(17)14-7-4-12(16)8-15(14)19-9-11-2-5-13(18)6-3-11/h2-8,18H,9H2,1H3. The fraction of sp³-hybridized carbons (Fsp3) is 0.133. The summed E-state index contributed by atoms with van der Waals surface area (Å²) in [6, 6.07) is 12.1. The van der Waals surface area contributed by atoms with Crippen LogP contribution < -0.4 is 4.74 Å². The van der Waals surface area contributed by atoms with Gasteiger partial charge in [0.2, 0.25) is 0 Å². The van der Waals surface area contributed by atoms with Crippen LogP contribution in [-0.4, -0.2) is 10.9 Å². The lowest BCUT2D eigenvalue weighted by molar-refractivity contribution is 0.101. The topological polar surface area (TPSA) is 46.5 Å². The van der Waals surface area contributed by atoms with Gasteiger partial charge < -0.3 is 9.84 Å². The molecule has 0 unspecified atom stereocenters. The van der Waals surface area contributed by atoms with E-state index in [1.54, 1.807) is 36.4 Å². The third-order valence-corrected chi connectivity index (χ3v) is 3.15. The van der Waals surface area contributed by atoms with Crippen molar-refractivity contribution < 1.29 is 14.6 Å². The van der Waals surface area contributed by atoms with E-state index in [1.165, 1.54) is 6.92 Å². The highest BCUT2D eigenvalue weighted by atomic mass is 79.9. The smallest absolute Gasteiger partial charge is 0.163 e. The Balaban J connectivity index is 2.16. The first kappa shape index (κ1) is 13.6. The van der Waals surface area contributed by atoms with E-state index < -0.39 is 0 Å². The van der Waals surface area contributed by atoms with Gasteiger partial charge in [0.05, 0.1) is 5.56 Å². The molecule has 4 heteroatoms. The molecule has 98 valence electrons. The molecular formula is C15H13BrO3. The number of phenols is 1. The number of hydrogen-bond donors (Lipinski definition) is 1. The highest BCUT2D eigenvalue weighted by molar-refractivity contribution is 9.10. The molecule has 0 aliphatic carbocycles. The summed E-state index contributed by atoms with van der Waals surface area (Å²) in [6.07, 6.45) is 0. The Morgan fingerprint density at radius 3 is 2.53 bits per heavy atom. The van der Waals surface area contributed by atoms with Gasteiger partial charge in [0.15, 0.2) is 5.78 Å². The van der Waals surface area contributed by atoms with Crippen LogP contribution in [0.1, 0.15) is 22.8 Å². The largest absolute Gasteiger partial charge is 0.508 e. The van der Waals surface area contributed by atoms with Gasteiger partial charge in [-0.15, -0.1) is 0 Å². The summed E-state index contributed by atoms with van der Waals surface area (Å²) in [4.78, 5) is 11.5. The van der Waals surface area contributed by atoms with Crippen molar-refractivity contribution in [3.8, 4) is 11.5 Å². The molecule has 0 atom stereocenters. The average Bonchev–Trinajstić information content (AvgIpc) is 2.38. The summed E-state index contributed by atoms with van der Waals surface area (Å²) in [6.45, 7) is 1.85. The third kappa shape index (κ3) is 3.58. The molecule has 0 fully saturated rings. The minimum Gasteiger partial charge on any atom is -0.508 e. The molecule has 0 heterocycles. The maximum atomic E-state index is 11.5. The van der Waals surface area contributed by atoms with Gasteiger partial charge >= 0.3 is 0 Å². The fourth-order valence-corrected chi connectivity index (χ4v) is 2.00. The first-order valence-corrected chi connectivity index (χ1v) is 6.57. The van der Waals surface area contributed by atoms with Gasteiger partial charge in [-0.2, -0.15) is 0 Å². The average molecular weight is 321 g/mol. The fourth-order valence-electron chi connectivity index (χ4n) is 1.66. The zero-order valence-electron chi connectivity index (χ0n) is 10.4. The first-order chi connectivity index (χ1) is 9.06. The highest BCUT2D eigenvalue weighted by Crippen LogP contribution is 2.25. The number of ketones is 1. The van der Waals surface area contributed by atoms with Crippen LogP contribution in [0.3, 0.4) is 0 Å². The minimum atomic E-state index is -0.0341. The molecule has 2 aromatic carbocycles. The van der Waals surface area contributed by atoms with Crippen molar-refractivity contribution in [1.82, 2.24) is 0 Å². The summed E-state index contributed by atoms with van der Waals surface area (Å²) in [5, 5.41) is 9.20. The molecule has 0 saturated heterocycles. The molecule has 0 aliphatic rings. The van der Waals surface area contributed by atoms with E-state index >= 15 is 0 Å². The number of carbonyl (C=O) groups excluding carboxylic acids is 1. The second-order valence-corrected chi connectivity index (χ2v) is 5.07. The molecule has 19 heavy (non-hydrogen) atoms. The van der Waals surface area contributed by atoms with E-state index in [9.17, 15) is 9.90 Å². The van der Waals surface area contributed by atoms with Crippen molar-refractivity contribution in [3.05, 3.63) is 58.1 Å². The Kier molecular flexibility index (Phi) is 4.22. The number of rotatable bonds is 4. The van der Waals surface area contributed by atoms with Crippen LogP contribution >= 0.6 is 15.9 Å². The summed E-state index contributed by atoms with van der Waals surface area (Å²) in [5.74, 6) is 0.735. The first-order valence-electron chi connectivity index (χ1n) is 5.77. The van der Waals surface area contributed by atoms with E-state index in [1.807, 2.05) is 6.07 Å². The Morgan fingerprint density at radius 2 is 1.89 bits per heavy atom. The van der Waals surface area contributed by atoms with Crippen molar-refractivity contribution in [2.75, 3.05) is 0 Å². The van der Waals surface area contributed by atoms with Crippen LogP contribution in [0.25, 0.3) is 0 Å². The molecule has 0 spiro atoms. The molecule has 0 aromatic heterocycles. The zero-order chi connectivity index (χ0) is 13.8. The van der Waals surface area contributed by atoms with Crippen molar-refractivity contribution >= 4 is 21.7 Å². The number of carbonyl (C=O) groups is 1. The lowest BCUT2D eigenvalue weighted by atomic mass is 10.1. The van der Waals surface area contributed by atoms with Gasteiger partial charge in [0.1, 0.15) is 18.1 Å². The van der Waals surface area contributed by atoms with E-state index in [0.717, 1.165) is 10.0 Å². The van der Waals surface area contributed by atoms with Crippen molar-refractivity contribution in [3.63, 3.8) is 0 Å². The Labute approximate surface area is 120 Å². The van der Waals surface area contributed by atoms with Crippen LogP contribution in [0.5, 0.6) is 11.5 Å². The third-order valence-electron chi connectivity index (χ3n) is 2.65. The lowest BCUT2D eigenvalue weighted by Gasteiger charge is -2.10. The molecule has 0 aliphatic heterocycles. The van der Waals surface area contributed by atoms with Gasteiger partial charge in [0.25, 0.3) is 0 Å². The lowest BCUT2D eigenvalue weighted by Crippen LogP contribution is -2.01. The van der Waals surface area contributed by atoms with E-state index in [-0.39, 0.29) is 11.5 Å². The van der Waals surface area contributed by atoms with Crippen LogP contribution in [-0.2, 0) is 6.61 Å².